The number of carbonyl (C=O) groups excluding carboxylic acids is 1. The summed E-state index contributed by atoms with van der Waals surface area (Å²) in [4.78, 5) is 11.2. The molecule has 0 aliphatic heterocycles. The van der Waals surface area contributed by atoms with E-state index in [0.29, 0.717) is 12.3 Å². The van der Waals surface area contributed by atoms with Crippen LogP contribution >= 0.6 is 11.8 Å². The number of halogens is 3. The molecule has 0 radical (unpaired) electrons. The number of thioether (sulfide) groups is 1. The third-order valence-corrected chi connectivity index (χ3v) is 2.64. The van der Waals surface area contributed by atoms with Crippen molar-refractivity contribution in [1.29, 1.82) is 0 Å². The van der Waals surface area contributed by atoms with Gasteiger partial charge in [0.25, 0.3) is 0 Å². The minimum atomic E-state index is -4.34. The van der Waals surface area contributed by atoms with Crippen molar-refractivity contribution in [3.05, 3.63) is 29.8 Å². The standard InChI is InChI=1S/C12H14F3NO2S/c1-19-7-11(17)16-6-9-2-4-10(5-3-9)18-8-12(13,14)15/h2-5H,6-8H2,1H3,(H,16,17). The van der Waals surface area contributed by atoms with Gasteiger partial charge in [-0.3, -0.25) is 4.79 Å². The molecule has 0 saturated heterocycles. The predicted molar refractivity (Wildman–Crippen MR) is 68.2 cm³/mol. The Kier molecular flexibility index (Phi) is 6.01. The lowest BCUT2D eigenvalue weighted by Gasteiger charge is -2.10. The van der Waals surface area contributed by atoms with Gasteiger partial charge in [0, 0.05) is 6.54 Å². The molecule has 1 aromatic carbocycles. The van der Waals surface area contributed by atoms with Crippen molar-refractivity contribution >= 4 is 17.7 Å². The van der Waals surface area contributed by atoms with E-state index in [4.69, 9.17) is 0 Å². The number of benzene rings is 1. The number of amides is 1. The Labute approximate surface area is 113 Å². The maximum Gasteiger partial charge on any atom is 0.422 e. The van der Waals surface area contributed by atoms with Crippen molar-refractivity contribution in [2.45, 2.75) is 12.7 Å². The monoisotopic (exact) mass is 293 g/mol. The summed E-state index contributed by atoms with van der Waals surface area (Å²) in [6, 6.07) is 6.12. The van der Waals surface area contributed by atoms with Crippen LogP contribution in [0.4, 0.5) is 13.2 Å². The average Bonchev–Trinajstić information content (AvgIpc) is 2.34. The zero-order valence-electron chi connectivity index (χ0n) is 10.3. The van der Waals surface area contributed by atoms with Gasteiger partial charge in [-0.2, -0.15) is 24.9 Å². The Morgan fingerprint density at radius 2 is 1.95 bits per heavy atom. The van der Waals surface area contributed by atoms with Gasteiger partial charge in [0.05, 0.1) is 5.75 Å². The van der Waals surface area contributed by atoms with Crippen molar-refractivity contribution in [2.75, 3.05) is 18.6 Å². The van der Waals surface area contributed by atoms with Crippen LogP contribution < -0.4 is 10.1 Å². The summed E-state index contributed by atoms with van der Waals surface area (Å²) in [5, 5.41) is 2.70. The van der Waals surface area contributed by atoms with Gasteiger partial charge in [0.15, 0.2) is 6.61 Å². The van der Waals surface area contributed by atoms with Crippen molar-refractivity contribution in [1.82, 2.24) is 5.32 Å². The normalized spacial score (nSPS) is 11.2. The first-order valence-electron chi connectivity index (χ1n) is 5.45. The Morgan fingerprint density at radius 1 is 1.32 bits per heavy atom. The molecule has 0 aliphatic rings. The Morgan fingerprint density at radius 3 is 2.47 bits per heavy atom. The zero-order valence-corrected chi connectivity index (χ0v) is 11.1. The van der Waals surface area contributed by atoms with Crippen LogP contribution in [-0.2, 0) is 11.3 Å². The van der Waals surface area contributed by atoms with Crippen LogP contribution in [0.15, 0.2) is 24.3 Å². The highest BCUT2D eigenvalue weighted by Gasteiger charge is 2.28. The van der Waals surface area contributed by atoms with Gasteiger partial charge in [-0.25, -0.2) is 0 Å². The Balaban J connectivity index is 2.41. The lowest BCUT2D eigenvalue weighted by molar-refractivity contribution is -0.153. The van der Waals surface area contributed by atoms with E-state index in [-0.39, 0.29) is 11.7 Å². The minimum Gasteiger partial charge on any atom is -0.484 e. The van der Waals surface area contributed by atoms with Crippen LogP contribution in [0.25, 0.3) is 0 Å². The predicted octanol–water partition coefficient (Wildman–Crippen LogP) is 2.61. The molecule has 0 atom stereocenters. The molecule has 0 fully saturated rings. The first kappa shape index (κ1) is 15.7. The first-order valence-corrected chi connectivity index (χ1v) is 6.84. The fourth-order valence-electron chi connectivity index (χ4n) is 1.25. The molecule has 0 unspecified atom stereocenters. The topological polar surface area (TPSA) is 38.3 Å². The maximum absolute atomic E-state index is 11.9. The summed E-state index contributed by atoms with van der Waals surface area (Å²) in [5.41, 5.74) is 0.800. The summed E-state index contributed by atoms with van der Waals surface area (Å²) >= 11 is 1.42. The van der Waals surface area contributed by atoms with E-state index in [1.807, 2.05) is 6.26 Å². The van der Waals surface area contributed by atoms with Gasteiger partial charge in [0.2, 0.25) is 5.91 Å². The van der Waals surface area contributed by atoms with Gasteiger partial charge < -0.3 is 10.1 Å². The van der Waals surface area contributed by atoms with Gasteiger partial charge in [-0.1, -0.05) is 12.1 Å². The molecule has 19 heavy (non-hydrogen) atoms. The van der Waals surface area contributed by atoms with E-state index in [1.54, 1.807) is 12.1 Å². The number of carbonyl (C=O) groups is 1. The van der Waals surface area contributed by atoms with E-state index in [1.165, 1.54) is 23.9 Å². The second-order valence-electron chi connectivity index (χ2n) is 3.76. The number of rotatable bonds is 6. The quantitative estimate of drug-likeness (QED) is 0.876. The van der Waals surface area contributed by atoms with Crippen LogP contribution in [-0.4, -0.2) is 30.7 Å². The van der Waals surface area contributed by atoms with E-state index in [9.17, 15) is 18.0 Å². The van der Waals surface area contributed by atoms with Crippen LogP contribution in [0.5, 0.6) is 5.75 Å². The van der Waals surface area contributed by atoms with Gasteiger partial charge in [0.1, 0.15) is 5.75 Å². The first-order chi connectivity index (χ1) is 8.90. The second-order valence-corrected chi connectivity index (χ2v) is 4.62. The third kappa shape index (κ3) is 6.95. The maximum atomic E-state index is 11.9. The molecule has 0 aromatic heterocycles. The number of ether oxygens (including phenoxy) is 1. The SMILES string of the molecule is CSCC(=O)NCc1ccc(OCC(F)(F)F)cc1. The molecule has 3 nitrogen and oxygen atoms in total. The molecule has 1 aromatic rings. The third-order valence-electron chi connectivity index (χ3n) is 2.09. The van der Waals surface area contributed by atoms with Crippen LogP contribution in [0.3, 0.4) is 0 Å². The molecule has 0 bridgehead atoms. The molecular formula is C12H14F3NO2S. The minimum absolute atomic E-state index is 0.0788. The van der Waals surface area contributed by atoms with E-state index < -0.39 is 12.8 Å². The fourth-order valence-corrected chi connectivity index (χ4v) is 1.62. The molecule has 0 heterocycles. The molecule has 0 aliphatic carbocycles. The molecular weight excluding hydrogens is 279 g/mol. The molecule has 1 rings (SSSR count). The molecule has 7 heteroatoms. The van der Waals surface area contributed by atoms with E-state index >= 15 is 0 Å². The lowest BCUT2D eigenvalue weighted by Crippen LogP contribution is -2.24. The second kappa shape index (κ2) is 7.28. The number of alkyl halides is 3. The highest BCUT2D eigenvalue weighted by molar-refractivity contribution is 7.99. The van der Waals surface area contributed by atoms with Gasteiger partial charge in [-0.05, 0) is 24.0 Å². The Hall–Kier alpha value is -1.37. The number of nitrogens with one attached hydrogen (secondary N) is 1. The fraction of sp³-hybridized carbons (Fsp3) is 0.417. The number of hydrogen-bond acceptors (Lipinski definition) is 3. The Bertz CT molecular complexity index is 406. The number of hydrogen-bond donors (Lipinski definition) is 1. The smallest absolute Gasteiger partial charge is 0.422 e. The van der Waals surface area contributed by atoms with Crippen molar-refractivity contribution in [3.63, 3.8) is 0 Å². The summed E-state index contributed by atoms with van der Waals surface area (Å²) in [6.45, 7) is -0.963. The molecule has 1 amide bonds. The highest BCUT2D eigenvalue weighted by Crippen LogP contribution is 2.18. The zero-order chi connectivity index (χ0) is 14.3. The van der Waals surface area contributed by atoms with Gasteiger partial charge in [-0.15, -0.1) is 0 Å². The van der Waals surface area contributed by atoms with Crippen molar-refractivity contribution in [2.24, 2.45) is 0 Å². The van der Waals surface area contributed by atoms with Crippen LogP contribution in [0.2, 0.25) is 0 Å². The summed E-state index contributed by atoms with van der Waals surface area (Å²) < 4.78 is 40.4. The molecule has 1 N–H and O–H groups in total. The van der Waals surface area contributed by atoms with Crippen LogP contribution in [0, 0.1) is 0 Å². The largest absolute Gasteiger partial charge is 0.484 e. The van der Waals surface area contributed by atoms with E-state index in [2.05, 4.69) is 10.1 Å². The summed E-state index contributed by atoms with van der Waals surface area (Å²) in [6.07, 6.45) is -2.52. The molecule has 0 spiro atoms. The summed E-state index contributed by atoms with van der Waals surface area (Å²) in [7, 11) is 0. The lowest BCUT2D eigenvalue weighted by atomic mass is 10.2. The van der Waals surface area contributed by atoms with Crippen molar-refractivity contribution < 1.29 is 22.7 Å². The average molecular weight is 293 g/mol. The van der Waals surface area contributed by atoms with E-state index in [0.717, 1.165) is 5.56 Å². The van der Waals surface area contributed by atoms with Crippen LogP contribution in [0.1, 0.15) is 5.56 Å². The molecule has 106 valence electrons. The highest BCUT2D eigenvalue weighted by atomic mass is 32.2. The van der Waals surface area contributed by atoms with Gasteiger partial charge >= 0.3 is 6.18 Å². The molecule has 0 saturated carbocycles. The summed E-state index contributed by atoms with van der Waals surface area (Å²) in [5.74, 6) is 0.452. The van der Waals surface area contributed by atoms with Crippen molar-refractivity contribution in [3.8, 4) is 5.75 Å².